The van der Waals surface area contributed by atoms with Crippen molar-refractivity contribution in [3.63, 3.8) is 0 Å². The average Bonchev–Trinajstić information content (AvgIpc) is 3.33. The van der Waals surface area contributed by atoms with E-state index in [0.717, 1.165) is 38.5 Å². The lowest BCUT2D eigenvalue weighted by atomic mass is 9.77. The summed E-state index contributed by atoms with van der Waals surface area (Å²) in [6.07, 6.45) is 18.2. The van der Waals surface area contributed by atoms with Gasteiger partial charge in [-0.25, -0.2) is 0 Å². The lowest BCUT2D eigenvalue weighted by Crippen LogP contribution is -2.61. The Balaban J connectivity index is 1.87. The fourth-order valence-electron chi connectivity index (χ4n) is 10.7. The molecule has 3 heterocycles. The lowest BCUT2D eigenvalue weighted by molar-refractivity contribution is -0.317. The van der Waals surface area contributed by atoms with Crippen molar-refractivity contribution < 1.29 is 63.5 Å². The van der Waals surface area contributed by atoms with Crippen LogP contribution >= 0.6 is 0 Å². The molecule has 1 amide bonds. The third-order valence-electron chi connectivity index (χ3n) is 15.4. The van der Waals surface area contributed by atoms with Crippen molar-refractivity contribution in [1.82, 2.24) is 9.80 Å². The summed E-state index contributed by atoms with van der Waals surface area (Å²) in [5.41, 5.74) is -4.57. The Labute approximate surface area is 433 Å². The van der Waals surface area contributed by atoms with Gasteiger partial charge in [0.05, 0.1) is 47.6 Å². The molecule has 0 aromatic rings. The molecule has 0 aromatic carbocycles. The number of likely N-dealkylation sites (N-methyl/N-ethyl adjacent to an activating group) is 2. The summed E-state index contributed by atoms with van der Waals surface area (Å²) >= 11 is 0. The summed E-state index contributed by atoms with van der Waals surface area (Å²) < 4.78 is 38.1. The highest BCUT2D eigenvalue weighted by molar-refractivity contribution is 5.76. The summed E-state index contributed by atoms with van der Waals surface area (Å²) in [7, 11) is 5.02. The van der Waals surface area contributed by atoms with E-state index in [9.17, 15) is 35.1 Å². The predicted octanol–water partition coefficient (Wildman–Crippen LogP) is 7.72. The highest BCUT2D eigenvalue weighted by Gasteiger charge is 2.53. The van der Waals surface area contributed by atoms with Gasteiger partial charge in [-0.3, -0.25) is 9.59 Å². The minimum Gasteiger partial charge on any atom is -0.459 e. The van der Waals surface area contributed by atoms with E-state index in [1.165, 1.54) is 14.0 Å². The number of hydrogen-bond acceptors (Lipinski definition) is 14. The van der Waals surface area contributed by atoms with E-state index in [1.807, 2.05) is 25.8 Å². The standard InChI is InChI=1S/C57H98N2O13/c1-15-17-18-19-20-21-22-23-24-25-26-27-28-29-30-31-32-33-46(60)59(13)44-34-39(4)68-54(48(44)61)72-52-40(5)49(71-47-36-56(10,67-14)51(63)43(8)69-47)41(6)53(64)70-45(16-2)57(11,66)50(62)42(7)58(12)37-38(3)35-55(52,9)65/h17-18,20-21,23-24,26-27,29-30,38-45,47-52,54,61-63,65-66H,15-16,19,22,25,28,31-37H2,1-14H3/b18-17-,21-20-,24-23-,27-26-,30-29-/t38-,39-,40+,41-,42-,43+,44+,45-,47?,48-,49+,50-,51+,52-,54?,55-,56-,57-/m1/s1. The number of unbranched alkanes of at least 4 members (excludes halogenated alkanes) is 1. The van der Waals surface area contributed by atoms with Gasteiger partial charge in [-0.2, -0.15) is 0 Å². The molecule has 0 spiro atoms. The van der Waals surface area contributed by atoms with Gasteiger partial charge in [0, 0.05) is 45.5 Å². The van der Waals surface area contributed by atoms with Crippen LogP contribution in [0.25, 0.3) is 0 Å². The van der Waals surface area contributed by atoms with Gasteiger partial charge in [0.1, 0.15) is 30.0 Å². The average molecular weight is 1020 g/mol. The number of allylic oxidation sites excluding steroid dienone is 10. The Kier molecular flexibility index (Phi) is 26.5. The fraction of sp³-hybridized carbons (Fsp3) is 0.789. The van der Waals surface area contributed by atoms with Gasteiger partial charge in [-0.05, 0) is 126 Å². The first-order chi connectivity index (χ1) is 33.9. The molecule has 5 N–H and O–H groups in total. The lowest BCUT2D eigenvalue weighted by Gasteiger charge is -2.49. The molecule has 0 saturated carbocycles. The minimum atomic E-state index is -1.84. The number of aliphatic hydroxyl groups is 5. The number of nitrogens with zero attached hydrogens (tertiary/aromatic N) is 2. The molecule has 3 fully saturated rings. The molecule has 3 rings (SSSR count). The predicted molar refractivity (Wildman–Crippen MR) is 282 cm³/mol. The second-order valence-corrected chi connectivity index (χ2v) is 21.8. The molecule has 3 saturated heterocycles. The third-order valence-corrected chi connectivity index (χ3v) is 15.4. The number of ether oxygens (including phenoxy) is 6. The van der Waals surface area contributed by atoms with Crippen molar-refractivity contribution in [3.05, 3.63) is 60.8 Å². The number of hydrogen-bond donors (Lipinski definition) is 5. The number of methoxy groups -OCH3 is 1. The van der Waals surface area contributed by atoms with E-state index in [1.54, 1.807) is 60.4 Å². The van der Waals surface area contributed by atoms with Crippen LogP contribution in [0.3, 0.4) is 0 Å². The van der Waals surface area contributed by atoms with E-state index < -0.39 is 108 Å². The number of cyclic esters (lactones) is 1. The second kappa shape index (κ2) is 30.1. The Morgan fingerprint density at radius 2 is 1.39 bits per heavy atom. The van der Waals surface area contributed by atoms with Gasteiger partial charge in [-0.1, -0.05) is 88.5 Å². The Hall–Kier alpha value is -2.80. The molecule has 3 aliphatic heterocycles. The summed E-state index contributed by atoms with van der Waals surface area (Å²) in [5, 5.41) is 59.5. The quantitative estimate of drug-likeness (QED) is 0.0452. The van der Waals surface area contributed by atoms with Gasteiger partial charge < -0.3 is 63.8 Å². The van der Waals surface area contributed by atoms with Gasteiger partial charge in [0.15, 0.2) is 12.6 Å². The molecule has 2 unspecified atom stereocenters. The van der Waals surface area contributed by atoms with Crippen LogP contribution in [-0.2, 0) is 38.0 Å². The minimum absolute atomic E-state index is 0.0913. The molecular weight excluding hydrogens is 921 g/mol. The van der Waals surface area contributed by atoms with Crippen molar-refractivity contribution in [2.45, 2.75) is 244 Å². The number of carbonyl (C=O) groups excluding carboxylic acids is 2. The number of aliphatic hydroxyl groups excluding tert-OH is 3. The zero-order chi connectivity index (χ0) is 54.0. The summed E-state index contributed by atoms with van der Waals surface area (Å²) in [4.78, 5) is 31.6. The van der Waals surface area contributed by atoms with Gasteiger partial charge in [0.25, 0.3) is 0 Å². The SMILES string of the molecule is CC/C=C\C/C=C\C/C=C\C/C=C\C/C=C\CCCC(=O)N(C)[C@H]1C[C@@H](C)OC(O[C@@H]2[C@@H](C)[C@H](OC3C[C@@](C)(OC)[C@@H](O)[C@H](C)O3)[C@@H](C)C(=O)O[C@H](CC)[C@@](C)(O)[C@H](O)[C@@H](C)N(C)C[C@H](C)C[C@@]2(C)O)[C@@H]1O. The molecule has 0 bridgehead atoms. The molecule has 15 heteroatoms. The molecule has 72 heavy (non-hydrogen) atoms. The monoisotopic (exact) mass is 1020 g/mol. The van der Waals surface area contributed by atoms with Crippen molar-refractivity contribution in [3.8, 4) is 0 Å². The third kappa shape index (κ3) is 18.2. The zero-order valence-corrected chi connectivity index (χ0v) is 46.5. The van der Waals surface area contributed by atoms with Crippen LogP contribution < -0.4 is 0 Å². The van der Waals surface area contributed by atoms with Crippen molar-refractivity contribution in [2.24, 2.45) is 17.8 Å². The first-order valence-electron chi connectivity index (χ1n) is 26.9. The summed E-state index contributed by atoms with van der Waals surface area (Å²) in [6, 6.07) is -1.25. The van der Waals surface area contributed by atoms with Gasteiger partial charge in [-0.15, -0.1) is 0 Å². The smallest absolute Gasteiger partial charge is 0.311 e. The zero-order valence-electron chi connectivity index (χ0n) is 46.5. The molecule has 3 aliphatic rings. The largest absolute Gasteiger partial charge is 0.459 e. The van der Waals surface area contributed by atoms with Crippen LogP contribution in [0.15, 0.2) is 60.8 Å². The molecule has 0 aromatic heterocycles. The summed E-state index contributed by atoms with van der Waals surface area (Å²) in [5.74, 6) is -2.97. The van der Waals surface area contributed by atoms with E-state index in [0.29, 0.717) is 19.4 Å². The number of carbonyl (C=O) groups is 2. The maximum absolute atomic E-state index is 14.5. The van der Waals surface area contributed by atoms with E-state index in [4.69, 9.17) is 28.4 Å². The van der Waals surface area contributed by atoms with Crippen LogP contribution in [0, 0.1) is 17.8 Å². The van der Waals surface area contributed by atoms with E-state index >= 15 is 0 Å². The molecule has 414 valence electrons. The molecule has 0 radical (unpaired) electrons. The molecular formula is C57H98N2O13. The van der Waals surface area contributed by atoms with E-state index in [2.05, 4.69) is 67.7 Å². The van der Waals surface area contributed by atoms with Crippen molar-refractivity contribution >= 4 is 11.9 Å². The number of amides is 1. The van der Waals surface area contributed by atoms with Crippen LogP contribution in [-0.4, -0.2) is 165 Å². The van der Waals surface area contributed by atoms with Gasteiger partial charge in [0.2, 0.25) is 5.91 Å². The maximum atomic E-state index is 14.5. The normalized spacial score (nSPS) is 39.5. The summed E-state index contributed by atoms with van der Waals surface area (Å²) in [6.45, 7) is 19.9. The van der Waals surface area contributed by atoms with Gasteiger partial charge >= 0.3 is 5.97 Å². The highest BCUT2D eigenvalue weighted by Crippen LogP contribution is 2.40. The second-order valence-electron chi connectivity index (χ2n) is 21.8. The number of rotatable bonds is 20. The van der Waals surface area contributed by atoms with Crippen LogP contribution in [0.4, 0.5) is 0 Å². The van der Waals surface area contributed by atoms with Crippen LogP contribution in [0.2, 0.25) is 0 Å². The first-order valence-corrected chi connectivity index (χ1v) is 26.9. The van der Waals surface area contributed by atoms with Crippen LogP contribution in [0.1, 0.15) is 153 Å². The first kappa shape index (κ1) is 63.5. The van der Waals surface area contributed by atoms with Crippen molar-refractivity contribution in [1.29, 1.82) is 0 Å². The van der Waals surface area contributed by atoms with Crippen molar-refractivity contribution in [2.75, 3.05) is 27.7 Å². The fourth-order valence-corrected chi connectivity index (χ4v) is 10.7. The molecule has 15 nitrogen and oxygen atoms in total. The van der Waals surface area contributed by atoms with Crippen LogP contribution in [0.5, 0.6) is 0 Å². The topological polar surface area (TPSA) is 197 Å². The Morgan fingerprint density at radius 3 is 1.94 bits per heavy atom. The number of esters is 1. The Bertz CT molecular complexity index is 1770. The Morgan fingerprint density at radius 1 is 0.819 bits per heavy atom. The van der Waals surface area contributed by atoms with E-state index in [-0.39, 0.29) is 37.5 Å². The molecule has 0 aliphatic carbocycles. The molecule has 18 atom stereocenters. The highest BCUT2D eigenvalue weighted by atomic mass is 16.7. The maximum Gasteiger partial charge on any atom is 0.311 e.